The zero-order chi connectivity index (χ0) is 20.3. The molecule has 1 amide bonds. The maximum atomic E-state index is 13.6. The van der Waals surface area contributed by atoms with Crippen molar-refractivity contribution in [3.05, 3.63) is 53.3 Å². The van der Waals surface area contributed by atoms with Crippen LogP contribution in [0, 0.1) is 11.7 Å². The number of rotatable bonds is 5. The zero-order valence-corrected chi connectivity index (χ0v) is 16.8. The van der Waals surface area contributed by atoms with E-state index in [0.29, 0.717) is 23.6 Å². The van der Waals surface area contributed by atoms with Gasteiger partial charge >= 0.3 is 0 Å². The third-order valence-electron chi connectivity index (χ3n) is 4.61. The molecule has 6 nitrogen and oxygen atoms in total. The molecular weight excluding hydrogens is 407 g/mol. The summed E-state index contributed by atoms with van der Waals surface area (Å²) in [6, 6.07) is 10.0. The third kappa shape index (κ3) is 4.45. The van der Waals surface area contributed by atoms with E-state index in [1.54, 1.807) is 24.3 Å². The van der Waals surface area contributed by atoms with Crippen LogP contribution in [-0.2, 0) is 14.8 Å². The van der Waals surface area contributed by atoms with Crippen molar-refractivity contribution in [3.8, 4) is 5.75 Å². The quantitative estimate of drug-likeness (QED) is 0.793. The van der Waals surface area contributed by atoms with Gasteiger partial charge < -0.3 is 10.1 Å². The summed E-state index contributed by atoms with van der Waals surface area (Å²) < 4.78 is 46.0. The SMILES string of the molecule is COc1ccc(F)cc1S(=O)(=O)N1CCCC(C(=O)Nc2ccc(Cl)cc2)C1. The van der Waals surface area contributed by atoms with Crippen molar-refractivity contribution in [3.63, 3.8) is 0 Å². The van der Waals surface area contributed by atoms with Gasteiger partial charge in [-0.05, 0) is 55.3 Å². The molecule has 150 valence electrons. The Bertz CT molecular complexity index is 966. The summed E-state index contributed by atoms with van der Waals surface area (Å²) >= 11 is 5.84. The van der Waals surface area contributed by atoms with E-state index in [1.165, 1.54) is 17.5 Å². The molecule has 0 spiro atoms. The number of hydrogen-bond acceptors (Lipinski definition) is 4. The molecule has 2 aromatic rings. The zero-order valence-electron chi connectivity index (χ0n) is 15.2. The van der Waals surface area contributed by atoms with Gasteiger partial charge in [-0.15, -0.1) is 0 Å². The molecule has 3 rings (SSSR count). The maximum Gasteiger partial charge on any atom is 0.246 e. The lowest BCUT2D eigenvalue weighted by Gasteiger charge is -2.31. The molecule has 0 aliphatic carbocycles. The van der Waals surface area contributed by atoms with Crippen molar-refractivity contribution >= 4 is 33.2 Å². The van der Waals surface area contributed by atoms with Gasteiger partial charge in [0.25, 0.3) is 0 Å². The van der Waals surface area contributed by atoms with Gasteiger partial charge in [0, 0.05) is 23.8 Å². The number of amides is 1. The first-order valence-electron chi connectivity index (χ1n) is 8.71. The van der Waals surface area contributed by atoms with Crippen molar-refractivity contribution in [2.75, 3.05) is 25.5 Å². The number of piperidine rings is 1. The van der Waals surface area contributed by atoms with Crippen LogP contribution in [0.4, 0.5) is 10.1 Å². The fourth-order valence-electron chi connectivity index (χ4n) is 3.14. The summed E-state index contributed by atoms with van der Waals surface area (Å²) in [7, 11) is -2.68. The van der Waals surface area contributed by atoms with E-state index in [4.69, 9.17) is 16.3 Å². The predicted octanol–water partition coefficient (Wildman–Crippen LogP) is 3.53. The minimum Gasteiger partial charge on any atom is -0.495 e. The van der Waals surface area contributed by atoms with E-state index in [9.17, 15) is 17.6 Å². The number of halogens is 2. The van der Waals surface area contributed by atoms with Gasteiger partial charge in [0.05, 0.1) is 13.0 Å². The van der Waals surface area contributed by atoms with Crippen LogP contribution >= 0.6 is 11.6 Å². The first kappa shape index (κ1) is 20.6. The minimum absolute atomic E-state index is 0.0153. The number of anilines is 1. The van der Waals surface area contributed by atoms with Gasteiger partial charge in [-0.1, -0.05) is 11.6 Å². The summed E-state index contributed by atoms with van der Waals surface area (Å²) in [5.74, 6) is -1.39. The monoisotopic (exact) mass is 426 g/mol. The van der Waals surface area contributed by atoms with Crippen LogP contribution in [-0.4, -0.2) is 38.8 Å². The highest BCUT2D eigenvalue weighted by Crippen LogP contribution is 2.30. The molecule has 0 saturated carbocycles. The molecule has 1 atom stereocenters. The highest BCUT2D eigenvalue weighted by atomic mass is 35.5. The second kappa shape index (κ2) is 8.46. The van der Waals surface area contributed by atoms with Gasteiger partial charge in [-0.2, -0.15) is 4.31 Å². The molecule has 0 bridgehead atoms. The number of methoxy groups -OCH3 is 1. The van der Waals surface area contributed by atoms with Crippen LogP contribution in [0.2, 0.25) is 5.02 Å². The van der Waals surface area contributed by atoms with E-state index >= 15 is 0 Å². The van der Waals surface area contributed by atoms with Crippen LogP contribution in [0.25, 0.3) is 0 Å². The van der Waals surface area contributed by atoms with Crippen LogP contribution in [0.15, 0.2) is 47.4 Å². The normalized spacial score (nSPS) is 17.9. The predicted molar refractivity (Wildman–Crippen MR) is 105 cm³/mol. The smallest absolute Gasteiger partial charge is 0.246 e. The minimum atomic E-state index is -4.00. The lowest BCUT2D eigenvalue weighted by Crippen LogP contribution is -2.43. The molecule has 1 heterocycles. The number of sulfonamides is 1. The summed E-state index contributed by atoms with van der Waals surface area (Å²) in [5, 5.41) is 3.33. The second-order valence-corrected chi connectivity index (χ2v) is 8.84. The van der Waals surface area contributed by atoms with Crippen molar-refractivity contribution in [2.45, 2.75) is 17.7 Å². The molecule has 1 N–H and O–H groups in total. The van der Waals surface area contributed by atoms with E-state index in [1.807, 2.05) is 0 Å². The topological polar surface area (TPSA) is 75.7 Å². The highest BCUT2D eigenvalue weighted by molar-refractivity contribution is 7.89. The number of nitrogens with one attached hydrogen (secondary N) is 1. The number of benzene rings is 2. The van der Waals surface area contributed by atoms with Gasteiger partial charge in [-0.25, -0.2) is 12.8 Å². The van der Waals surface area contributed by atoms with Gasteiger partial charge in [0.1, 0.15) is 16.5 Å². The first-order chi connectivity index (χ1) is 13.3. The van der Waals surface area contributed by atoms with E-state index in [-0.39, 0.29) is 29.6 Å². The summed E-state index contributed by atoms with van der Waals surface area (Å²) in [6.45, 7) is 0.272. The maximum absolute atomic E-state index is 13.6. The molecule has 1 fully saturated rings. The lowest BCUT2D eigenvalue weighted by atomic mass is 9.99. The molecule has 0 radical (unpaired) electrons. The molecule has 0 aromatic heterocycles. The largest absolute Gasteiger partial charge is 0.495 e. The van der Waals surface area contributed by atoms with Gasteiger partial charge in [0.2, 0.25) is 15.9 Å². The number of hydrogen-bond donors (Lipinski definition) is 1. The molecular formula is C19H20ClFN2O4S. The summed E-state index contributed by atoms with van der Waals surface area (Å²) in [6.07, 6.45) is 1.08. The lowest BCUT2D eigenvalue weighted by molar-refractivity contribution is -0.120. The molecule has 1 saturated heterocycles. The third-order valence-corrected chi connectivity index (χ3v) is 6.75. The van der Waals surface area contributed by atoms with Crippen molar-refractivity contribution < 1.29 is 22.3 Å². The van der Waals surface area contributed by atoms with Crippen molar-refractivity contribution in [2.24, 2.45) is 5.92 Å². The average molecular weight is 427 g/mol. The first-order valence-corrected chi connectivity index (χ1v) is 10.5. The molecule has 1 aliphatic rings. The Morgan fingerprint density at radius 3 is 2.64 bits per heavy atom. The van der Waals surface area contributed by atoms with Crippen molar-refractivity contribution in [1.82, 2.24) is 4.31 Å². The van der Waals surface area contributed by atoms with Crippen molar-refractivity contribution in [1.29, 1.82) is 0 Å². The molecule has 2 aromatic carbocycles. The van der Waals surface area contributed by atoms with Crippen LogP contribution in [0.3, 0.4) is 0 Å². The van der Waals surface area contributed by atoms with Gasteiger partial charge in [-0.3, -0.25) is 4.79 Å². The van der Waals surface area contributed by atoms with E-state index in [2.05, 4.69) is 5.32 Å². The number of carbonyl (C=O) groups excluding carboxylic acids is 1. The van der Waals surface area contributed by atoms with Crippen LogP contribution < -0.4 is 10.1 Å². The molecule has 1 aliphatic heterocycles. The summed E-state index contributed by atoms with van der Waals surface area (Å²) in [4.78, 5) is 12.3. The average Bonchev–Trinajstić information content (AvgIpc) is 2.69. The standard InChI is InChI=1S/C19H20ClFN2O4S/c1-27-17-9-6-15(21)11-18(17)28(25,26)23-10-2-3-13(12-23)19(24)22-16-7-4-14(20)5-8-16/h4-9,11,13H,2-3,10,12H2,1H3,(H,22,24). The fourth-order valence-corrected chi connectivity index (χ4v) is 4.96. The number of nitrogens with zero attached hydrogens (tertiary/aromatic N) is 1. The van der Waals surface area contributed by atoms with E-state index in [0.717, 1.165) is 12.1 Å². The highest BCUT2D eigenvalue weighted by Gasteiger charge is 2.35. The molecule has 1 unspecified atom stereocenters. The number of carbonyl (C=O) groups is 1. The fraction of sp³-hybridized carbons (Fsp3) is 0.316. The Kier molecular flexibility index (Phi) is 6.22. The van der Waals surface area contributed by atoms with Gasteiger partial charge in [0.15, 0.2) is 0 Å². The Morgan fingerprint density at radius 2 is 1.96 bits per heavy atom. The molecule has 28 heavy (non-hydrogen) atoms. The van der Waals surface area contributed by atoms with Crippen LogP contribution in [0.5, 0.6) is 5.75 Å². The Balaban J connectivity index is 1.78. The van der Waals surface area contributed by atoms with E-state index < -0.39 is 21.8 Å². The second-order valence-electron chi connectivity index (χ2n) is 6.49. The molecule has 9 heteroatoms. The Morgan fingerprint density at radius 1 is 1.25 bits per heavy atom. The summed E-state index contributed by atoms with van der Waals surface area (Å²) in [5.41, 5.74) is 0.584. The van der Waals surface area contributed by atoms with Crippen LogP contribution in [0.1, 0.15) is 12.8 Å². The Hall–Kier alpha value is -2.16. The number of ether oxygens (including phenoxy) is 1. The Labute approximate surface area is 168 Å².